The molecule has 0 rings (SSSR count). The molecule has 0 radical (unpaired) electrons. The Morgan fingerprint density at radius 3 is 1.71 bits per heavy atom. The molecule has 0 aromatic rings. The molecule has 0 bridgehead atoms. The maximum atomic E-state index is 9.56. The van der Waals surface area contributed by atoms with Gasteiger partial charge < -0.3 is 20.2 Å². The standard InChI is InChI=1S/C10H23NO3/c1-9(2,14)5-11(4)6-10(3,7-12)8-13/h12-14H,5-8H2,1-4H3. The highest BCUT2D eigenvalue weighted by atomic mass is 16.3. The van der Waals surface area contributed by atoms with E-state index in [-0.39, 0.29) is 13.2 Å². The highest BCUT2D eigenvalue weighted by molar-refractivity contribution is 4.78. The minimum atomic E-state index is -0.749. The lowest BCUT2D eigenvalue weighted by atomic mass is 9.92. The molecule has 0 spiro atoms. The Morgan fingerprint density at radius 1 is 1.00 bits per heavy atom. The van der Waals surface area contributed by atoms with E-state index < -0.39 is 11.0 Å². The third-order valence-electron chi connectivity index (χ3n) is 2.07. The molecule has 0 saturated heterocycles. The summed E-state index contributed by atoms with van der Waals surface area (Å²) in [5.41, 5.74) is -1.25. The van der Waals surface area contributed by atoms with Crippen LogP contribution in [0, 0.1) is 5.41 Å². The van der Waals surface area contributed by atoms with Gasteiger partial charge in [-0.2, -0.15) is 0 Å². The highest BCUT2D eigenvalue weighted by Gasteiger charge is 2.26. The summed E-state index contributed by atoms with van der Waals surface area (Å²) in [5.74, 6) is 0. The van der Waals surface area contributed by atoms with E-state index in [4.69, 9.17) is 10.2 Å². The minimum Gasteiger partial charge on any atom is -0.396 e. The number of rotatable bonds is 6. The van der Waals surface area contributed by atoms with Gasteiger partial charge in [0.25, 0.3) is 0 Å². The SMILES string of the molecule is CN(CC(C)(C)O)CC(C)(CO)CO. The third-order valence-corrected chi connectivity index (χ3v) is 2.07. The smallest absolute Gasteiger partial charge is 0.0718 e. The van der Waals surface area contributed by atoms with Gasteiger partial charge >= 0.3 is 0 Å². The second kappa shape index (κ2) is 5.07. The number of nitrogens with zero attached hydrogens (tertiary/aromatic N) is 1. The van der Waals surface area contributed by atoms with Crippen LogP contribution in [-0.4, -0.2) is 59.2 Å². The van der Waals surface area contributed by atoms with Crippen LogP contribution in [0.4, 0.5) is 0 Å². The Bertz CT molecular complexity index is 161. The Kier molecular flexibility index (Phi) is 5.01. The van der Waals surface area contributed by atoms with Crippen LogP contribution in [0.1, 0.15) is 20.8 Å². The average Bonchev–Trinajstić information content (AvgIpc) is 2.00. The van der Waals surface area contributed by atoms with Crippen molar-refractivity contribution in [3.05, 3.63) is 0 Å². The van der Waals surface area contributed by atoms with Crippen molar-refractivity contribution in [2.75, 3.05) is 33.4 Å². The second-order valence-corrected chi connectivity index (χ2v) is 5.11. The first-order valence-electron chi connectivity index (χ1n) is 4.85. The summed E-state index contributed by atoms with van der Waals surface area (Å²) in [6.07, 6.45) is 0. The lowest BCUT2D eigenvalue weighted by Crippen LogP contribution is -2.44. The number of aliphatic hydroxyl groups is 3. The van der Waals surface area contributed by atoms with Crippen LogP contribution in [0.15, 0.2) is 0 Å². The van der Waals surface area contributed by atoms with Crippen LogP contribution in [-0.2, 0) is 0 Å². The number of aliphatic hydroxyl groups excluding tert-OH is 2. The van der Waals surface area contributed by atoms with Crippen LogP contribution < -0.4 is 0 Å². The zero-order valence-corrected chi connectivity index (χ0v) is 9.62. The van der Waals surface area contributed by atoms with E-state index in [1.165, 1.54) is 0 Å². The molecule has 4 nitrogen and oxygen atoms in total. The number of hydrogen-bond acceptors (Lipinski definition) is 4. The first-order valence-corrected chi connectivity index (χ1v) is 4.85. The molecule has 4 heteroatoms. The summed E-state index contributed by atoms with van der Waals surface area (Å²) in [6, 6.07) is 0. The van der Waals surface area contributed by atoms with Gasteiger partial charge in [-0.25, -0.2) is 0 Å². The predicted molar refractivity (Wildman–Crippen MR) is 56.1 cm³/mol. The van der Waals surface area contributed by atoms with Crippen molar-refractivity contribution < 1.29 is 15.3 Å². The second-order valence-electron chi connectivity index (χ2n) is 5.11. The maximum absolute atomic E-state index is 9.56. The van der Waals surface area contributed by atoms with Crippen molar-refractivity contribution in [1.82, 2.24) is 4.90 Å². The molecule has 0 aliphatic heterocycles. The van der Waals surface area contributed by atoms with Crippen LogP contribution >= 0.6 is 0 Å². The first-order chi connectivity index (χ1) is 6.22. The Morgan fingerprint density at radius 2 is 1.43 bits per heavy atom. The van der Waals surface area contributed by atoms with E-state index >= 15 is 0 Å². The van der Waals surface area contributed by atoms with E-state index in [0.717, 1.165) is 0 Å². The van der Waals surface area contributed by atoms with Crippen LogP contribution in [0.3, 0.4) is 0 Å². The topological polar surface area (TPSA) is 63.9 Å². The molecule has 0 saturated carbocycles. The molecule has 3 N–H and O–H groups in total. The van der Waals surface area contributed by atoms with Crippen molar-refractivity contribution in [2.45, 2.75) is 26.4 Å². The van der Waals surface area contributed by atoms with Gasteiger partial charge in [0.15, 0.2) is 0 Å². The van der Waals surface area contributed by atoms with Gasteiger partial charge in [0.05, 0.1) is 18.8 Å². The summed E-state index contributed by atoms with van der Waals surface area (Å²) in [6.45, 7) is 6.25. The summed E-state index contributed by atoms with van der Waals surface area (Å²) in [4.78, 5) is 1.91. The van der Waals surface area contributed by atoms with Gasteiger partial charge in [0.1, 0.15) is 0 Å². The monoisotopic (exact) mass is 205 g/mol. The molecule has 0 amide bonds. The predicted octanol–water partition coefficient (Wildman–Crippen LogP) is -0.320. The van der Waals surface area contributed by atoms with Crippen molar-refractivity contribution in [3.63, 3.8) is 0 Å². The van der Waals surface area contributed by atoms with Crippen molar-refractivity contribution in [2.24, 2.45) is 5.41 Å². The van der Waals surface area contributed by atoms with Gasteiger partial charge in [-0.3, -0.25) is 0 Å². The van der Waals surface area contributed by atoms with Gasteiger partial charge in [-0.05, 0) is 20.9 Å². The molecule has 0 aromatic carbocycles. The van der Waals surface area contributed by atoms with Crippen LogP contribution in [0.25, 0.3) is 0 Å². The molecule has 0 aliphatic carbocycles. The summed E-state index contributed by atoms with van der Waals surface area (Å²) in [7, 11) is 1.86. The molecule has 0 aromatic heterocycles. The lowest BCUT2D eigenvalue weighted by molar-refractivity contribution is 0.00362. The maximum Gasteiger partial charge on any atom is 0.0718 e. The van der Waals surface area contributed by atoms with Gasteiger partial charge in [-0.1, -0.05) is 6.92 Å². The quantitative estimate of drug-likeness (QED) is 0.556. The van der Waals surface area contributed by atoms with E-state index in [0.29, 0.717) is 13.1 Å². The molecule has 0 heterocycles. The fraction of sp³-hybridized carbons (Fsp3) is 1.00. The molecule has 0 atom stereocenters. The normalized spacial score (nSPS) is 13.7. The molecular weight excluding hydrogens is 182 g/mol. The molecule has 86 valence electrons. The fourth-order valence-corrected chi connectivity index (χ4v) is 1.52. The number of hydrogen-bond donors (Lipinski definition) is 3. The molecule has 0 unspecified atom stereocenters. The largest absolute Gasteiger partial charge is 0.396 e. The zero-order valence-electron chi connectivity index (χ0n) is 9.62. The lowest BCUT2D eigenvalue weighted by Gasteiger charge is -2.33. The van der Waals surface area contributed by atoms with Crippen molar-refractivity contribution >= 4 is 0 Å². The van der Waals surface area contributed by atoms with Gasteiger partial charge in [0, 0.05) is 18.5 Å². The first kappa shape index (κ1) is 13.8. The van der Waals surface area contributed by atoms with Crippen LogP contribution in [0.2, 0.25) is 0 Å². The summed E-state index contributed by atoms with van der Waals surface area (Å²) < 4.78 is 0. The van der Waals surface area contributed by atoms with E-state index in [1.807, 2.05) is 18.9 Å². The van der Waals surface area contributed by atoms with Crippen LogP contribution in [0.5, 0.6) is 0 Å². The van der Waals surface area contributed by atoms with Crippen molar-refractivity contribution in [3.8, 4) is 0 Å². The summed E-state index contributed by atoms with van der Waals surface area (Å²) >= 11 is 0. The Labute approximate surface area is 86.2 Å². The van der Waals surface area contributed by atoms with E-state index in [2.05, 4.69) is 0 Å². The number of likely N-dealkylation sites (N-methyl/N-ethyl adjacent to an activating group) is 1. The Balaban J connectivity index is 4.10. The molecule has 0 fully saturated rings. The molecule has 0 aliphatic rings. The molecule has 14 heavy (non-hydrogen) atoms. The average molecular weight is 205 g/mol. The Hall–Kier alpha value is -0.160. The van der Waals surface area contributed by atoms with Gasteiger partial charge in [0.2, 0.25) is 0 Å². The zero-order chi connectivity index (χ0) is 11.4. The van der Waals surface area contributed by atoms with Crippen molar-refractivity contribution in [1.29, 1.82) is 0 Å². The van der Waals surface area contributed by atoms with E-state index in [9.17, 15) is 5.11 Å². The summed E-state index contributed by atoms with van der Waals surface area (Å²) in [5, 5.41) is 27.7. The molecular formula is C10H23NO3. The van der Waals surface area contributed by atoms with Gasteiger partial charge in [-0.15, -0.1) is 0 Å². The fourth-order valence-electron chi connectivity index (χ4n) is 1.52. The van der Waals surface area contributed by atoms with E-state index in [1.54, 1.807) is 13.8 Å². The third kappa shape index (κ3) is 5.54. The highest BCUT2D eigenvalue weighted by Crippen LogP contribution is 2.16. The minimum absolute atomic E-state index is 0.0559.